The van der Waals surface area contributed by atoms with E-state index in [1.165, 1.54) is 16.7 Å². The number of hydrogen-bond acceptors (Lipinski definition) is 1. The number of carbonyl (C=O) groups is 1. The molecule has 0 unspecified atom stereocenters. The van der Waals surface area contributed by atoms with Crippen LogP contribution in [0.25, 0.3) is 0 Å². The Morgan fingerprint density at radius 2 is 1.50 bits per heavy atom. The van der Waals surface area contributed by atoms with E-state index in [0.717, 1.165) is 25.7 Å². The van der Waals surface area contributed by atoms with Gasteiger partial charge in [0.2, 0.25) is 5.91 Å². The molecule has 2 nitrogen and oxygen atoms in total. The number of primary amides is 1. The van der Waals surface area contributed by atoms with Gasteiger partial charge < -0.3 is 5.73 Å². The summed E-state index contributed by atoms with van der Waals surface area (Å²) in [6, 6.07) is 19.0. The van der Waals surface area contributed by atoms with E-state index < -0.39 is 0 Å². The van der Waals surface area contributed by atoms with Crippen LogP contribution in [-0.2, 0) is 17.6 Å². The van der Waals surface area contributed by atoms with Crippen LogP contribution in [0, 0.1) is 0 Å². The summed E-state index contributed by atoms with van der Waals surface area (Å²) in [5, 5.41) is 0. The molecule has 0 aliphatic carbocycles. The predicted molar refractivity (Wildman–Crippen MR) is 82.4 cm³/mol. The summed E-state index contributed by atoms with van der Waals surface area (Å²) in [6.45, 7) is 0. The molecule has 0 aromatic heterocycles. The first-order chi connectivity index (χ1) is 9.75. The summed E-state index contributed by atoms with van der Waals surface area (Å²) in [5.74, 6) is -0.206. The number of benzene rings is 2. The highest BCUT2D eigenvalue weighted by atomic mass is 16.1. The van der Waals surface area contributed by atoms with Crippen LogP contribution < -0.4 is 5.73 Å². The molecule has 0 heterocycles. The molecular formula is C18H21NO. The van der Waals surface area contributed by atoms with E-state index in [0.29, 0.717) is 6.42 Å². The second-order valence-electron chi connectivity index (χ2n) is 5.10. The van der Waals surface area contributed by atoms with Crippen molar-refractivity contribution in [3.63, 3.8) is 0 Å². The molecular weight excluding hydrogens is 246 g/mol. The highest BCUT2D eigenvalue weighted by Crippen LogP contribution is 2.16. The fraction of sp³-hybridized carbons (Fsp3) is 0.278. The molecule has 20 heavy (non-hydrogen) atoms. The van der Waals surface area contributed by atoms with Crippen LogP contribution in [0.15, 0.2) is 54.6 Å². The molecule has 0 atom stereocenters. The Kier molecular flexibility index (Phi) is 5.36. The molecule has 1 amide bonds. The first-order valence-corrected chi connectivity index (χ1v) is 7.15. The van der Waals surface area contributed by atoms with Crippen molar-refractivity contribution in [3.8, 4) is 0 Å². The first kappa shape index (κ1) is 14.3. The van der Waals surface area contributed by atoms with Crippen LogP contribution >= 0.6 is 0 Å². The summed E-state index contributed by atoms with van der Waals surface area (Å²) >= 11 is 0. The van der Waals surface area contributed by atoms with Gasteiger partial charge in [0.25, 0.3) is 0 Å². The average molecular weight is 267 g/mol. The number of hydrogen-bond donors (Lipinski definition) is 1. The lowest BCUT2D eigenvalue weighted by Crippen LogP contribution is -2.09. The zero-order valence-electron chi connectivity index (χ0n) is 11.7. The largest absolute Gasteiger partial charge is 0.370 e. The third kappa shape index (κ3) is 4.54. The number of aryl methyl sites for hydroxylation is 1. The van der Waals surface area contributed by atoms with Gasteiger partial charge in [-0.2, -0.15) is 0 Å². The molecule has 0 bridgehead atoms. The van der Waals surface area contributed by atoms with Gasteiger partial charge in [0, 0.05) is 6.42 Å². The van der Waals surface area contributed by atoms with Crippen LogP contribution in [0.2, 0.25) is 0 Å². The maximum absolute atomic E-state index is 10.7. The van der Waals surface area contributed by atoms with Crippen molar-refractivity contribution in [2.75, 3.05) is 0 Å². The second kappa shape index (κ2) is 7.49. The van der Waals surface area contributed by atoms with E-state index in [4.69, 9.17) is 5.73 Å². The summed E-state index contributed by atoms with van der Waals surface area (Å²) in [5.41, 5.74) is 9.24. The first-order valence-electron chi connectivity index (χ1n) is 7.15. The maximum atomic E-state index is 10.7. The number of nitrogens with two attached hydrogens (primary N) is 1. The van der Waals surface area contributed by atoms with Crippen molar-refractivity contribution in [2.45, 2.75) is 32.1 Å². The number of unbranched alkanes of at least 4 members (excludes halogenated alkanes) is 1. The van der Waals surface area contributed by atoms with Crippen LogP contribution in [0.4, 0.5) is 0 Å². The molecule has 2 rings (SSSR count). The topological polar surface area (TPSA) is 43.1 Å². The smallest absolute Gasteiger partial charge is 0.217 e. The summed E-state index contributed by atoms with van der Waals surface area (Å²) in [4.78, 5) is 10.7. The van der Waals surface area contributed by atoms with Crippen LogP contribution in [0.3, 0.4) is 0 Å². The molecule has 0 spiro atoms. The van der Waals surface area contributed by atoms with Crippen molar-refractivity contribution in [1.82, 2.24) is 0 Å². The Bertz CT molecular complexity index is 548. The highest BCUT2D eigenvalue weighted by molar-refractivity contribution is 5.73. The van der Waals surface area contributed by atoms with Crippen molar-refractivity contribution in [3.05, 3.63) is 71.3 Å². The Morgan fingerprint density at radius 1 is 0.850 bits per heavy atom. The fourth-order valence-corrected chi connectivity index (χ4v) is 2.40. The average Bonchev–Trinajstić information content (AvgIpc) is 2.46. The van der Waals surface area contributed by atoms with Gasteiger partial charge in [-0.25, -0.2) is 0 Å². The van der Waals surface area contributed by atoms with Gasteiger partial charge in [-0.3, -0.25) is 4.79 Å². The monoisotopic (exact) mass is 267 g/mol. The zero-order valence-corrected chi connectivity index (χ0v) is 11.7. The quantitative estimate of drug-likeness (QED) is 0.767. The van der Waals surface area contributed by atoms with E-state index >= 15 is 0 Å². The molecule has 0 radical (unpaired) electrons. The lowest BCUT2D eigenvalue weighted by molar-refractivity contribution is -0.118. The molecule has 2 heteroatoms. The van der Waals surface area contributed by atoms with Gasteiger partial charge in [-0.15, -0.1) is 0 Å². The Labute approximate surface area is 120 Å². The molecule has 2 aromatic carbocycles. The minimum absolute atomic E-state index is 0.206. The second-order valence-corrected chi connectivity index (χ2v) is 5.10. The summed E-state index contributed by atoms with van der Waals surface area (Å²) < 4.78 is 0. The lowest BCUT2D eigenvalue weighted by Gasteiger charge is -2.09. The van der Waals surface area contributed by atoms with Crippen LogP contribution in [0.1, 0.15) is 36.0 Å². The van der Waals surface area contributed by atoms with Gasteiger partial charge in [0.05, 0.1) is 0 Å². The third-order valence-corrected chi connectivity index (χ3v) is 3.48. The number of amides is 1. The van der Waals surface area contributed by atoms with Gasteiger partial charge in [-0.05, 0) is 42.4 Å². The van der Waals surface area contributed by atoms with Gasteiger partial charge in [0.1, 0.15) is 0 Å². The molecule has 0 fully saturated rings. The highest BCUT2D eigenvalue weighted by Gasteiger charge is 2.03. The van der Waals surface area contributed by atoms with E-state index in [2.05, 4.69) is 48.5 Å². The van der Waals surface area contributed by atoms with E-state index in [1.54, 1.807) is 0 Å². The van der Waals surface area contributed by atoms with Crippen molar-refractivity contribution >= 4 is 5.91 Å². The zero-order chi connectivity index (χ0) is 14.2. The lowest BCUT2D eigenvalue weighted by atomic mass is 9.96. The molecule has 2 N–H and O–H groups in total. The van der Waals surface area contributed by atoms with E-state index in [1.807, 2.05) is 6.07 Å². The van der Waals surface area contributed by atoms with Gasteiger partial charge in [-0.1, -0.05) is 54.6 Å². The SMILES string of the molecule is NC(=O)CCCCc1ccccc1Cc1ccccc1. The summed E-state index contributed by atoms with van der Waals surface area (Å²) in [7, 11) is 0. The minimum atomic E-state index is -0.206. The van der Waals surface area contributed by atoms with Crippen molar-refractivity contribution in [2.24, 2.45) is 5.73 Å². The number of carbonyl (C=O) groups excluding carboxylic acids is 1. The van der Waals surface area contributed by atoms with Crippen molar-refractivity contribution in [1.29, 1.82) is 0 Å². The molecule has 0 saturated carbocycles. The van der Waals surface area contributed by atoms with Crippen LogP contribution in [0.5, 0.6) is 0 Å². The van der Waals surface area contributed by atoms with Crippen molar-refractivity contribution < 1.29 is 4.79 Å². The normalized spacial score (nSPS) is 10.4. The Hall–Kier alpha value is -2.09. The standard InChI is InChI=1S/C18H21NO/c19-18(20)13-7-6-11-16-10-4-5-12-17(16)14-15-8-2-1-3-9-15/h1-5,8-10,12H,6-7,11,13-14H2,(H2,19,20). The summed E-state index contributed by atoms with van der Waals surface area (Å²) in [6.07, 6.45) is 4.34. The Balaban J connectivity index is 1.97. The molecule has 0 saturated heterocycles. The van der Waals surface area contributed by atoms with E-state index in [9.17, 15) is 4.79 Å². The third-order valence-electron chi connectivity index (χ3n) is 3.48. The van der Waals surface area contributed by atoms with Gasteiger partial charge >= 0.3 is 0 Å². The maximum Gasteiger partial charge on any atom is 0.217 e. The molecule has 104 valence electrons. The Morgan fingerprint density at radius 3 is 2.20 bits per heavy atom. The van der Waals surface area contributed by atoms with Crippen LogP contribution in [-0.4, -0.2) is 5.91 Å². The fourth-order valence-electron chi connectivity index (χ4n) is 2.40. The van der Waals surface area contributed by atoms with E-state index in [-0.39, 0.29) is 5.91 Å². The molecule has 2 aromatic rings. The van der Waals surface area contributed by atoms with Gasteiger partial charge in [0.15, 0.2) is 0 Å². The minimum Gasteiger partial charge on any atom is -0.370 e. The predicted octanol–water partition coefficient (Wildman–Crippen LogP) is 3.48. The molecule has 0 aliphatic rings. The number of rotatable bonds is 7. The molecule has 0 aliphatic heterocycles.